The van der Waals surface area contributed by atoms with Crippen LogP contribution in [0.3, 0.4) is 0 Å². The summed E-state index contributed by atoms with van der Waals surface area (Å²) in [6, 6.07) is 8.37. The van der Waals surface area contributed by atoms with Crippen molar-refractivity contribution in [3.05, 3.63) is 50.5 Å². The lowest BCUT2D eigenvalue weighted by Gasteiger charge is -2.09. The first kappa shape index (κ1) is 13.3. The van der Waals surface area contributed by atoms with E-state index in [4.69, 9.17) is 5.73 Å². The summed E-state index contributed by atoms with van der Waals surface area (Å²) in [5.74, 6) is 0.341. The summed E-state index contributed by atoms with van der Waals surface area (Å²) in [7, 11) is 0. The number of hydrogen-bond acceptors (Lipinski definition) is 5. The van der Waals surface area contributed by atoms with Gasteiger partial charge in [0.05, 0.1) is 10.6 Å². The molecule has 0 aliphatic carbocycles. The van der Waals surface area contributed by atoms with Crippen molar-refractivity contribution < 1.29 is 4.92 Å². The van der Waals surface area contributed by atoms with Gasteiger partial charge in [0, 0.05) is 10.5 Å². The first-order valence-electron chi connectivity index (χ1n) is 5.41. The van der Waals surface area contributed by atoms with Gasteiger partial charge in [0.25, 0.3) is 0 Å². The van der Waals surface area contributed by atoms with Crippen molar-refractivity contribution in [3.63, 3.8) is 0 Å². The molecule has 0 radical (unpaired) electrons. The summed E-state index contributed by atoms with van der Waals surface area (Å²) < 4.78 is 0.789. The zero-order valence-corrected chi connectivity index (χ0v) is 11.6. The van der Waals surface area contributed by atoms with Crippen molar-refractivity contribution in [2.75, 3.05) is 11.1 Å². The second-order valence-corrected chi connectivity index (χ2v) is 4.82. The van der Waals surface area contributed by atoms with Crippen LogP contribution >= 0.6 is 15.9 Å². The predicted molar refractivity (Wildman–Crippen MR) is 77.5 cm³/mol. The number of nitrogens with zero attached hydrogens (tertiary/aromatic N) is 2. The second-order valence-electron chi connectivity index (χ2n) is 3.97. The van der Waals surface area contributed by atoms with Gasteiger partial charge in [-0.1, -0.05) is 6.07 Å². The number of nitrogens with one attached hydrogen (secondary N) is 1. The Kier molecular flexibility index (Phi) is 3.66. The van der Waals surface area contributed by atoms with Crippen molar-refractivity contribution >= 4 is 38.9 Å². The molecule has 6 nitrogen and oxygen atoms in total. The van der Waals surface area contributed by atoms with Crippen molar-refractivity contribution in [2.24, 2.45) is 0 Å². The van der Waals surface area contributed by atoms with E-state index in [1.165, 1.54) is 12.1 Å². The zero-order valence-electron chi connectivity index (χ0n) is 10.1. The van der Waals surface area contributed by atoms with Crippen LogP contribution in [0.15, 0.2) is 34.8 Å². The molecular formula is C12H11BrN4O2. The largest absolute Gasteiger partial charge is 0.384 e. The van der Waals surface area contributed by atoms with Crippen molar-refractivity contribution in [1.82, 2.24) is 4.98 Å². The highest BCUT2D eigenvalue weighted by Crippen LogP contribution is 2.30. The minimum Gasteiger partial charge on any atom is -0.384 e. The number of nitrogen functional groups attached to an aromatic ring is 1. The van der Waals surface area contributed by atoms with E-state index in [1.54, 1.807) is 0 Å². The van der Waals surface area contributed by atoms with E-state index in [9.17, 15) is 10.1 Å². The Hall–Kier alpha value is -2.15. The minimum atomic E-state index is -0.502. The fourth-order valence-electron chi connectivity index (χ4n) is 1.57. The highest BCUT2D eigenvalue weighted by Gasteiger charge is 2.16. The number of anilines is 3. The van der Waals surface area contributed by atoms with Gasteiger partial charge in [-0.2, -0.15) is 0 Å². The summed E-state index contributed by atoms with van der Waals surface area (Å²) in [4.78, 5) is 14.4. The molecule has 3 N–H and O–H groups in total. The Morgan fingerprint density at radius 3 is 2.79 bits per heavy atom. The lowest BCUT2D eigenvalue weighted by atomic mass is 10.2. The number of pyridine rings is 1. The van der Waals surface area contributed by atoms with E-state index in [0.29, 0.717) is 5.69 Å². The number of hydrogen-bond donors (Lipinski definition) is 2. The predicted octanol–water partition coefficient (Wildman–Crippen LogP) is 3.39. The van der Waals surface area contributed by atoms with Gasteiger partial charge in [0.15, 0.2) is 0 Å². The van der Waals surface area contributed by atoms with Crippen LogP contribution < -0.4 is 11.1 Å². The van der Waals surface area contributed by atoms with Crippen LogP contribution in [0.2, 0.25) is 0 Å². The minimum absolute atomic E-state index is 0.122. The van der Waals surface area contributed by atoms with E-state index in [2.05, 4.69) is 26.2 Å². The Labute approximate surface area is 117 Å². The second kappa shape index (κ2) is 5.23. The first-order chi connectivity index (χ1) is 8.97. The molecule has 0 bridgehead atoms. The van der Waals surface area contributed by atoms with Crippen LogP contribution in [-0.2, 0) is 0 Å². The third-order valence-corrected chi connectivity index (χ3v) is 3.16. The Morgan fingerprint density at radius 2 is 2.11 bits per heavy atom. The fourth-order valence-corrected chi connectivity index (χ4v) is 1.91. The number of halogens is 1. The average molecular weight is 323 g/mol. The maximum Gasteiger partial charge on any atom is 0.311 e. The third kappa shape index (κ3) is 3.00. The van der Waals surface area contributed by atoms with Crippen LogP contribution in [0.5, 0.6) is 0 Å². The SMILES string of the molecule is Cc1ccc(Br)c(Nc2nc(N)ccc2[N+](=O)[O-])c1. The monoisotopic (exact) mass is 322 g/mol. The molecule has 0 spiro atoms. The molecule has 0 unspecified atom stereocenters. The van der Waals surface area contributed by atoms with Gasteiger partial charge in [0.2, 0.25) is 5.82 Å². The highest BCUT2D eigenvalue weighted by molar-refractivity contribution is 9.10. The van der Waals surface area contributed by atoms with Gasteiger partial charge in [-0.25, -0.2) is 4.98 Å². The summed E-state index contributed by atoms with van der Waals surface area (Å²) in [5.41, 5.74) is 7.16. The van der Waals surface area contributed by atoms with Crippen molar-refractivity contribution in [3.8, 4) is 0 Å². The summed E-state index contributed by atoms with van der Waals surface area (Å²) in [6.07, 6.45) is 0. The highest BCUT2D eigenvalue weighted by atomic mass is 79.9. The smallest absolute Gasteiger partial charge is 0.311 e. The zero-order chi connectivity index (χ0) is 14.0. The standard InChI is InChI=1S/C12H11BrN4O2/c1-7-2-3-8(13)9(6-7)15-12-10(17(18)19)4-5-11(14)16-12/h2-6H,1H3,(H3,14,15,16). The average Bonchev–Trinajstić information content (AvgIpc) is 2.33. The van der Waals surface area contributed by atoms with Crippen LogP contribution in [0.4, 0.5) is 23.0 Å². The fraction of sp³-hybridized carbons (Fsp3) is 0.0833. The van der Waals surface area contributed by atoms with Gasteiger partial charge >= 0.3 is 5.69 Å². The van der Waals surface area contributed by atoms with Gasteiger partial charge in [0.1, 0.15) is 5.82 Å². The van der Waals surface area contributed by atoms with E-state index < -0.39 is 4.92 Å². The molecule has 98 valence electrons. The van der Waals surface area contributed by atoms with E-state index in [-0.39, 0.29) is 17.3 Å². The molecule has 2 rings (SSSR count). The number of nitro groups is 1. The molecule has 19 heavy (non-hydrogen) atoms. The Morgan fingerprint density at radius 1 is 1.37 bits per heavy atom. The third-order valence-electron chi connectivity index (χ3n) is 2.47. The maximum atomic E-state index is 10.9. The summed E-state index contributed by atoms with van der Waals surface area (Å²) in [6.45, 7) is 1.93. The number of aryl methyl sites for hydroxylation is 1. The van der Waals surface area contributed by atoms with Crippen LogP contribution in [0.1, 0.15) is 5.56 Å². The van der Waals surface area contributed by atoms with Gasteiger partial charge in [-0.3, -0.25) is 10.1 Å². The van der Waals surface area contributed by atoms with Crippen molar-refractivity contribution in [1.29, 1.82) is 0 Å². The number of rotatable bonds is 3. The van der Waals surface area contributed by atoms with Crippen LogP contribution in [0, 0.1) is 17.0 Å². The Balaban J connectivity index is 2.45. The molecule has 0 aliphatic rings. The number of benzene rings is 1. The molecule has 1 aromatic carbocycles. The quantitative estimate of drug-likeness (QED) is 0.667. The first-order valence-corrected chi connectivity index (χ1v) is 6.21. The summed E-state index contributed by atoms with van der Waals surface area (Å²) >= 11 is 3.38. The van der Waals surface area contributed by atoms with Gasteiger partial charge in [-0.15, -0.1) is 0 Å². The van der Waals surface area contributed by atoms with Gasteiger partial charge in [-0.05, 0) is 46.6 Å². The van der Waals surface area contributed by atoms with Crippen LogP contribution in [0.25, 0.3) is 0 Å². The molecule has 1 heterocycles. The lowest BCUT2D eigenvalue weighted by Crippen LogP contribution is -2.02. The molecule has 0 amide bonds. The molecule has 7 heteroatoms. The van der Waals surface area contributed by atoms with E-state index >= 15 is 0 Å². The topological polar surface area (TPSA) is 94.1 Å². The molecule has 0 saturated carbocycles. The van der Waals surface area contributed by atoms with Crippen LogP contribution in [-0.4, -0.2) is 9.91 Å². The number of aromatic nitrogens is 1. The Bertz CT molecular complexity index is 646. The normalized spacial score (nSPS) is 10.2. The lowest BCUT2D eigenvalue weighted by molar-refractivity contribution is -0.384. The molecule has 0 aliphatic heterocycles. The molecule has 0 atom stereocenters. The molecule has 2 aromatic rings. The van der Waals surface area contributed by atoms with Crippen molar-refractivity contribution in [2.45, 2.75) is 6.92 Å². The molecule has 0 saturated heterocycles. The van der Waals surface area contributed by atoms with E-state index in [1.807, 2.05) is 25.1 Å². The summed E-state index contributed by atoms with van der Waals surface area (Å²) in [5, 5.41) is 13.9. The number of nitrogens with two attached hydrogens (primary N) is 1. The van der Waals surface area contributed by atoms with Gasteiger partial charge < -0.3 is 11.1 Å². The molecular weight excluding hydrogens is 312 g/mol. The maximum absolute atomic E-state index is 10.9. The van der Waals surface area contributed by atoms with E-state index in [0.717, 1.165) is 10.0 Å². The molecule has 1 aromatic heterocycles. The molecule has 0 fully saturated rings.